The number of piperidine rings is 1. The number of nitrogens with one attached hydrogen (secondary N) is 1. The molecule has 1 aliphatic rings. The highest BCUT2D eigenvalue weighted by Gasteiger charge is 2.22. The number of benzene rings is 2. The molecule has 0 atom stereocenters. The number of sulfonamides is 1. The summed E-state index contributed by atoms with van der Waals surface area (Å²) in [5.74, 6) is -0.105. The maximum absolute atomic E-state index is 12.9. The Bertz CT molecular complexity index is 771. The van der Waals surface area contributed by atoms with Gasteiger partial charge in [0.15, 0.2) is 0 Å². The van der Waals surface area contributed by atoms with E-state index in [2.05, 4.69) is 21.8 Å². The zero-order valence-corrected chi connectivity index (χ0v) is 14.9. The van der Waals surface area contributed by atoms with E-state index in [1.165, 1.54) is 17.7 Å². The molecule has 2 aromatic carbocycles. The van der Waals surface area contributed by atoms with Crippen molar-refractivity contribution in [3.05, 3.63) is 66.0 Å². The molecule has 1 aliphatic heterocycles. The van der Waals surface area contributed by atoms with Crippen LogP contribution in [-0.4, -0.2) is 33.0 Å². The molecule has 2 aromatic rings. The summed E-state index contributed by atoms with van der Waals surface area (Å²) >= 11 is 0. The van der Waals surface area contributed by atoms with E-state index in [-0.39, 0.29) is 4.90 Å². The lowest BCUT2D eigenvalue weighted by atomic mass is 9.97. The molecule has 1 N–H and O–H groups in total. The molecule has 6 heteroatoms. The second-order valence-corrected chi connectivity index (χ2v) is 8.28. The van der Waals surface area contributed by atoms with Crippen molar-refractivity contribution in [2.75, 3.05) is 19.6 Å². The third kappa shape index (κ3) is 5.11. The topological polar surface area (TPSA) is 49.4 Å². The van der Waals surface area contributed by atoms with Crippen LogP contribution >= 0.6 is 0 Å². The van der Waals surface area contributed by atoms with Crippen molar-refractivity contribution in [3.63, 3.8) is 0 Å². The molecule has 0 saturated carbocycles. The van der Waals surface area contributed by atoms with Crippen molar-refractivity contribution < 1.29 is 12.8 Å². The van der Waals surface area contributed by atoms with Crippen LogP contribution in [0.3, 0.4) is 0 Å². The van der Waals surface area contributed by atoms with Crippen LogP contribution in [0.1, 0.15) is 18.4 Å². The van der Waals surface area contributed by atoms with Gasteiger partial charge in [-0.15, -0.1) is 0 Å². The molecule has 25 heavy (non-hydrogen) atoms. The van der Waals surface area contributed by atoms with Gasteiger partial charge in [-0.25, -0.2) is 17.5 Å². The summed E-state index contributed by atoms with van der Waals surface area (Å²) in [7, 11) is -3.57. The Hall–Kier alpha value is -1.76. The predicted octanol–water partition coefficient (Wildman–Crippen LogP) is 3.02. The van der Waals surface area contributed by atoms with E-state index in [9.17, 15) is 12.8 Å². The smallest absolute Gasteiger partial charge is 0.240 e. The number of nitrogens with zero attached hydrogens (tertiary/aromatic N) is 1. The molecule has 0 radical (unpaired) electrons. The largest absolute Gasteiger partial charge is 0.299 e. The lowest BCUT2D eigenvalue weighted by Crippen LogP contribution is -2.38. The Morgan fingerprint density at radius 3 is 2.28 bits per heavy atom. The van der Waals surface area contributed by atoms with Gasteiger partial charge in [-0.05, 0) is 61.7 Å². The highest BCUT2D eigenvalue weighted by Crippen LogP contribution is 2.19. The molecule has 134 valence electrons. The summed E-state index contributed by atoms with van der Waals surface area (Å²) in [6.07, 6.45) is 1.94. The van der Waals surface area contributed by atoms with Crippen LogP contribution in [0.25, 0.3) is 0 Å². The minimum atomic E-state index is -3.57. The Balaban J connectivity index is 1.47. The average Bonchev–Trinajstić information content (AvgIpc) is 2.62. The number of rotatable bonds is 6. The maximum Gasteiger partial charge on any atom is 0.240 e. The summed E-state index contributed by atoms with van der Waals surface area (Å²) in [4.78, 5) is 2.51. The van der Waals surface area contributed by atoms with Gasteiger partial charge < -0.3 is 0 Å². The number of hydrogen-bond acceptors (Lipinski definition) is 3. The zero-order chi connectivity index (χ0) is 17.7. The third-order valence-corrected chi connectivity index (χ3v) is 6.08. The van der Waals surface area contributed by atoms with Crippen molar-refractivity contribution in [3.8, 4) is 0 Å². The van der Waals surface area contributed by atoms with Gasteiger partial charge in [0.25, 0.3) is 0 Å². The average molecular weight is 362 g/mol. The summed E-state index contributed by atoms with van der Waals surface area (Å²) in [5, 5.41) is 0. The maximum atomic E-state index is 12.9. The van der Waals surface area contributed by atoms with Gasteiger partial charge in [0.1, 0.15) is 5.82 Å². The van der Waals surface area contributed by atoms with Gasteiger partial charge in [0, 0.05) is 13.1 Å². The number of halogens is 1. The van der Waals surface area contributed by atoms with Crippen molar-refractivity contribution >= 4 is 10.0 Å². The molecule has 1 fully saturated rings. The highest BCUT2D eigenvalue weighted by molar-refractivity contribution is 7.89. The molecule has 0 bridgehead atoms. The molecule has 0 aliphatic carbocycles. The Morgan fingerprint density at radius 1 is 1.00 bits per heavy atom. The highest BCUT2D eigenvalue weighted by atomic mass is 32.2. The lowest BCUT2D eigenvalue weighted by Gasteiger charge is -2.32. The summed E-state index contributed by atoms with van der Waals surface area (Å²) in [6.45, 7) is 3.31. The van der Waals surface area contributed by atoms with Crippen LogP contribution in [0, 0.1) is 11.7 Å². The normalized spacial score (nSPS) is 16.8. The predicted molar refractivity (Wildman–Crippen MR) is 96.0 cm³/mol. The number of hydrogen-bond donors (Lipinski definition) is 1. The van der Waals surface area contributed by atoms with Gasteiger partial charge in [0.2, 0.25) is 10.0 Å². The standard InChI is InChI=1S/C19H23FN2O2S/c20-18-6-8-19(9-7-18)25(23,24)21-14-16-10-12-22(13-11-16)15-17-4-2-1-3-5-17/h1-9,16,21H,10-15H2. The van der Waals surface area contributed by atoms with E-state index in [4.69, 9.17) is 0 Å². The molecule has 3 rings (SSSR count). The van der Waals surface area contributed by atoms with Crippen LogP contribution < -0.4 is 4.72 Å². The van der Waals surface area contributed by atoms with E-state index < -0.39 is 15.8 Å². The molecule has 0 spiro atoms. The SMILES string of the molecule is O=S(=O)(NCC1CCN(Cc2ccccc2)CC1)c1ccc(F)cc1. The first-order chi connectivity index (χ1) is 12.0. The molecule has 0 aromatic heterocycles. The first-order valence-corrected chi connectivity index (χ1v) is 10.0. The van der Waals surface area contributed by atoms with E-state index in [1.807, 2.05) is 18.2 Å². The van der Waals surface area contributed by atoms with Crippen molar-refractivity contribution in [2.45, 2.75) is 24.3 Å². The molecule has 0 unspecified atom stereocenters. The van der Waals surface area contributed by atoms with Gasteiger partial charge in [-0.3, -0.25) is 4.90 Å². The molecule has 1 heterocycles. The summed E-state index contributed by atoms with van der Waals surface area (Å²) < 4.78 is 40.1. The van der Waals surface area contributed by atoms with E-state index in [0.717, 1.165) is 44.6 Å². The Labute approximate surface area is 148 Å². The van der Waals surface area contributed by atoms with Crippen LogP contribution in [0.4, 0.5) is 4.39 Å². The summed E-state index contributed by atoms with van der Waals surface area (Å²) in [6, 6.07) is 15.3. The summed E-state index contributed by atoms with van der Waals surface area (Å²) in [5.41, 5.74) is 1.30. The molecular formula is C19H23FN2O2S. The van der Waals surface area contributed by atoms with Crippen molar-refractivity contribution in [1.82, 2.24) is 9.62 Å². The fourth-order valence-corrected chi connectivity index (χ4v) is 4.23. The molecular weight excluding hydrogens is 339 g/mol. The van der Waals surface area contributed by atoms with Gasteiger partial charge in [-0.2, -0.15) is 0 Å². The Kier molecular flexibility index (Phi) is 5.83. The van der Waals surface area contributed by atoms with E-state index in [0.29, 0.717) is 12.5 Å². The van der Waals surface area contributed by atoms with Gasteiger partial charge in [-0.1, -0.05) is 30.3 Å². The quantitative estimate of drug-likeness (QED) is 0.859. The first-order valence-electron chi connectivity index (χ1n) is 8.54. The fraction of sp³-hybridized carbons (Fsp3) is 0.368. The van der Waals surface area contributed by atoms with Crippen molar-refractivity contribution in [1.29, 1.82) is 0 Å². The van der Waals surface area contributed by atoms with E-state index in [1.54, 1.807) is 0 Å². The first kappa shape index (κ1) is 18.0. The number of likely N-dealkylation sites (tertiary alicyclic amines) is 1. The molecule has 0 amide bonds. The van der Waals surface area contributed by atoms with Crippen LogP contribution in [0.5, 0.6) is 0 Å². The third-order valence-electron chi connectivity index (χ3n) is 4.64. The van der Waals surface area contributed by atoms with E-state index >= 15 is 0 Å². The fourth-order valence-electron chi connectivity index (χ4n) is 3.11. The van der Waals surface area contributed by atoms with Crippen LogP contribution in [-0.2, 0) is 16.6 Å². The van der Waals surface area contributed by atoms with Crippen LogP contribution in [0.15, 0.2) is 59.5 Å². The second kappa shape index (κ2) is 8.08. The van der Waals surface area contributed by atoms with Crippen LogP contribution in [0.2, 0.25) is 0 Å². The zero-order valence-electron chi connectivity index (χ0n) is 14.1. The lowest BCUT2D eigenvalue weighted by molar-refractivity contribution is 0.178. The monoisotopic (exact) mass is 362 g/mol. The molecule has 1 saturated heterocycles. The molecule has 4 nitrogen and oxygen atoms in total. The minimum absolute atomic E-state index is 0.107. The minimum Gasteiger partial charge on any atom is -0.299 e. The van der Waals surface area contributed by atoms with Gasteiger partial charge in [0.05, 0.1) is 4.90 Å². The van der Waals surface area contributed by atoms with Gasteiger partial charge >= 0.3 is 0 Å². The second-order valence-electron chi connectivity index (χ2n) is 6.51. The van der Waals surface area contributed by atoms with Crippen molar-refractivity contribution in [2.24, 2.45) is 5.92 Å². The Morgan fingerprint density at radius 2 is 1.64 bits per heavy atom.